The lowest BCUT2D eigenvalue weighted by atomic mass is 10.1. The number of carbonyl (C=O) groups is 2. The molecule has 192 valence electrons. The summed E-state index contributed by atoms with van der Waals surface area (Å²) in [5.41, 5.74) is 2.14. The van der Waals surface area contributed by atoms with Crippen molar-refractivity contribution < 1.29 is 22.7 Å². The lowest BCUT2D eigenvalue weighted by Crippen LogP contribution is -2.52. The number of rotatable bonds is 13. The third-order valence-electron chi connectivity index (χ3n) is 5.85. The fourth-order valence-corrected chi connectivity index (χ4v) is 4.68. The Labute approximate surface area is 209 Å². The number of nitrogens with one attached hydrogen (secondary N) is 1. The summed E-state index contributed by atoms with van der Waals surface area (Å²) in [4.78, 5) is 28.3. The van der Waals surface area contributed by atoms with Crippen LogP contribution in [-0.2, 0) is 26.2 Å². The Kier molecular flexibility index (Phi) is 10.6. The van der Waals surface area contributed by atoms with Crippen LogP contribution in [0.25, 0.3) is 0 Å². The number of amides is 2. The van der Waals surface area contributed by atoms with Crippen molar-refractivity contribution in [3.63, 3.8) is 0 Å². The van der Waals surface area contributed by atoms with Crippen molar-refractivity contribution in [3.8, 4) is 5.75 Å². The summed E-state index contributed by atoms with van der Waals surface area (Å²) in [6.45, 7) is 6.08. The van der Waals surface area contributed by atoms with Crippen LogP contribution in [0.2, 0.25) is 0 Å². The average Bonchev–Trinajstić information content (AvgIpc) is 2.82. The monoisotopic (exact) mass is 503 g/mol. The fraction of sp³-hybridized carbons (Fsp3) is 0.462. The zero-order valence-corrected chi connectivity index (χ0v) is 22.1. The Hall–Kier alpha value is -3.07. The number of anilines is 1. The first kappa shape index (κ1) is 28.2. The molecule has 0 aliphatic heterocycles. The minimum absolute atomic E-state index is 0.189. The molecule has 9 heteroatoms. The van der Waals surface area contributed by atoms with E-state index in [0.29, 0.717) is 18.7 Å². The van der Waals surface area contributed by atoms with Crippen LogP contribution in [0.1, 0.15) is 44.2 Å². The maximum atomic E-state index is 13.7. The Bertz CT molecular complexity index is 1100. The molecule has 0 heterocycles. The summed E-state index contributed by atoms with van der Waals surface area (Å²) in [6.07, 6.45) is 3.21. The van der Waals surface area contributed by atoms with Gasteiger partial charge in [-0.1, -0.05) is 56.7 Å². The number of carbonyl (C=O) groups excluding carboxylic acids is 2. The number of ether oxygens (including phenoxy) is 1. The van der Waals surface area contributed by atoms with Crippen LogP contribution in [0, 0.1) is 6.92 Å². The van der Waals surface area contributed by atoms with Crippen LogP contribution in [-0.4, -0.2) is 57.6 Å². The number of para-hydroxylation sites is 2. The van der Waals surface area contributed by atoms with Gasteiger partial charge in [0.15, 0.2) is 0 Å². The molecule has 0 saturated heterocycles. The quantitative estimate of drug-likeness (QED) is 0.422. The molecule has 2 amide bonds. The standard InChI is InChI=1S/C26H37N3O5S/c1-6-8-17-27-26(31)22(7-2)28(18-21-14-10-9-13-20(21)3)25(30)19-29(35(5,32)33)23-15-11-12-16-24(23)34-4/h9-16,22H,6-8,17-19H2,1-5H3,(H,27,31)/t22-/m1/s1. The van der Waals surface area contributed by atoms with Gasteiger partial charge in [0.2, 0.25) is 21.8 Å². The minimum Gasteiger partial charge on any atom is -0.495 e. The van der Waals surface area contributed by atoms with E-state index >= 15 is 0 Å². The molecule has 0 unspecified atom stereocenters. The summed E-state index contributed by atoms with van der Waals surface area (Å²) < 4.78 is 31.8. The molecule has 0 saturated carbocycles. The summed E-state index contributed by atoms with van der Waals surface area (Å²) in [5, 5.41) is 2.92. The molecule has 35 heavy (non-hydrogen) atoms. The van der Waals surface area contributed by atoms with Gasteiger partial charge in [0.05, 0.1) is 19.1 Å². The predicted octanol–water partition coefficient (Wildman–Crippen LogP) is 3.49. The van der Waals surface area contributed by atoms with Crippen LogP contribution < -0.4 is 14.4 Å². The second-order valence-corrected chi connectivity index (χ2v) is 10.4. The first-order chi connectivity index (χ1) is 16.6. The van der Waals surface area contributed by atoms with Gasteiger partial charge in [-0.15, -0.1) is 0 Å². The highest BCUT2D eigenvalue weighted by Crippen LogP contribution is 2.29. The van der Waals surface area contributed by atoms with Crippen molar-refractivity contribution in [2.24, 2.45) is 0 Å². The summed E-state index contributed by atoms with van der Waals surface area (Å²) >= 11 is 0. The van der Waals surface area contributed by atoms with Gasteiger partial charge in [0.1, 0.15) is 18.3 Å². The molecule has 0 aliphatic carbocycles. The number of aryl methyl sites for hydroxylation is 1. The Balaban J connectivity index is 2.45. The van der Waals surface area contributed by atoms with E-state index in [9.17, 15) is 18.0 Å². The second-order valence-electron chi connectivity index (χ2n) is 8.46. The number of methoxy groups -OCH3 is 1. The van der Waals surface area contributed by atoms with E-state index in [1.54, 1.807) is 24.3 Å². The van der Waals surface area contributed by atoms with E-state index in [1.165, 1.54) is 12.0 Å². The van der Waals surface area contributed by atoms with Crippen molar-refractivity contribution in [2.45, 2.75) is 52.6 Å². The zero-order valence-electron chi connectivity index (χ0n) is 21.3. The fourth-order valence-electron chi connectivity index (χ4n) is 3.83. The molecule has 0 fully saturated rings. The van der Waals surface area contributed by atoms with E-state index in [1.807, 2.05) is 45.0 Å². The molecule has 1 N–H and O–H groups in total. The second kappa shape index (κ2) is 13.1. The van der Waals surface area contributed by atoms with Crippen molar-refractivity contribution >= 4 is 27.5 Å². The molecule has 8 nitrogen and oxygen atoms in total. The number of sulfonamides is 1. The minimum atomic E-state index is -3.83. The van der Waals surface area contributed by atoms with Gasteiger partial charge >= 0.3 is 0 Å². The number of hydrogen-bond donors (Lipinski definition) is 1. The number of hydrogen-bond acceptors (Lipinski definition) is 5. The maximum absolute atomic E-state index is 13.7. The van der Waals surface area contributed by atoms with Crippen molar-refractivity contribution in [2.75, 3.05) is 30.8 Å². The van der Waals surface area contributed by atoms with Crippen molar-refractivity contribution in [1.82, 2.24) is 10.2 Å². The van der Waals surface area contributed by atoms with E-state index < -0.39 is 28.5 Å². The molecule has 2 aromatic rings. The number of unbranched alkanes of at least 4 members (excludes halogenated alkanes) is 1. The van der Waals surface area contributed by atoms with Crippen molar-refractivity contribution in [1.29, 1.82) is 0 Å². The zero-order chi connectivity index (χ0) is 26.0. The Morgan fingerprint density at radius 3 is 2.31 bits per heavy atom. The molecule has 0 spiro atoms. The maximum Gasteiger partial charge on any atom is 0.244 e. The summed E-state index contributed by atoms with van der Waals surface area (Å²) in [6, 6.07) is 13.5. The first-order valence-electron chi connectivity index (χ1n) is 11.9. The van der Waals surface area contributed by atoms with E-state index in [-0.39, 0.29) is 18.1 Å². The van der Waals surface area contributed by atoms with Gasteiger partial charge in [0.25, 0.3) is 0 Å². The Morgan fingerprint density at radius 1 is 1.06 bits per heavy atom. The average molecular weight is 504 g/mol. The first-order valence-corrected chi connectivity index (χ1v) is 13.7. The molecular weight excluding hydrogens is 466 g/mol. The lowest BCUT2D eigenvalue weighted by Gasteiger charge is -2.33. The normalized spacial score (nSPS) is 12.0. The molecular formula is C26H37N3O5S. The van der Waals surface area contributed by atoms with E-state index in [2.05, 4.69) is 5.32 Å². The molecule has 0 aromatic heterocycles. The van der Waals surface area contributed by atoms with Gasteiger partial charge in [-0.2, -0.15) is 0 Å². The number of benzene rings is 2. The van der Waals surface area contributed by atoms with E-state index in [0.717, 1.165) is 34.5 Å². The largest absolute Gasteiger partial charge is 0.495 e. The molecule has 2 rings (SSSR count). The SMILES string of the molecule is CCCCNC(=O)[C@@H](CC)N(Cc1ccccc1C)C(=O)CN(c1ccccc1OC)S(C)(=O)=O. The van der Waals surface area contributed by atoms with Gasteiger partial charge < -0.3 is 15.0 Å². The van der Waals surface area contributed by atoms with Crippen LogP contribution in [0.4, 0.5) is 5.69 Å². The molecule has 0 aliphatic rings. The highest BCUT2D eigenvalue weighted by atomic mass is 32.2. The van der Waals surface area contributed by atoms with Gasteiger partial charge in [0, 0.05) is 13.1 Å². The molecule has 1 atom stereocenters. The third kappa shape index (κ3) is 7.71. The molecule has 0 bridgehead atoms. The Morgan fingerprint density at radius 2 is 1.71 bits per heavy atom. The third-order valence-corrected chi connectivity index (χ3v) is 6.98. The lowest BCUT2D eigenvalue weighted by molar-refractivity contribution is -0.140. The highest BCUT2D eigenvalue weighted by Gasteiger charge is 2.32. The smallest absolute Gasteiger partial charge is 0.244 e. The van der Waals surface area contributed by atoms with Gasteiger partial charge in [-0.25, -0.2) is 8.42 Å². The van der Waals surface area contributed by atoms with Gasteiger partial charge in [-0.05, 0) is 43.0 Å². The topological polar surface area (TPSA) is 96.0 Å². The van der Waals surface area contributed by atoms with Crippen LogP contribution >= 0.6 is 0 Å². The highest BCUT2D eigenvalue weighted by molar-refractivity contribution is 7.92. The molecule has 2 aromatic carbocycles. The van der Waals surface area contributed by atoms with Crippen LogP contribution in [0.5, 0.6) is 5.75 Å². The summed E-state index contributed by atoms with van der Waals surface area (Å²) in [5.74, 6) is -0.381. The summed E-state index contributed by atoms with van der Waals surface area (Å²) in [7, 11) is -2.38. The van der Waals surface area contributed by atoms with Crippen LogP contribution in [0.3, 0.4) is 0 Å². The predicted molar refractivity (Wildman–Crippen MR) is 139 cm³/mol. The van der Waals surface area contributed by atoms with E-state index in [4.69, 9.17) is 4.74 Å². The molecule has 0 radical (unpaired) electrons. The van der Waals surface area contributed by atoms with Gasteiger partial charge in [-0.3, -0.25) is 13.9 Å². The van der Waals surface area contributed by atoms with Crippen LogP contribution in [0.15, 0.2) is 48.5 Å². The van der Waals surface area contributed by atoms with Crippen molar-refractivity contribution in [3.05, 3.63) is 59.7 Å². The number of nitrogens with zero attached hydrogens (tertiary/aromatic N) is 2.